The van der Waals surface area contributed by atoms with Crippen LogP contribution in [0.25, 0.3) is 0 Å². The van der Waals surface area contributed by atoms with Gasteiger partial charge in [-0.2, -0.15) is 0 Å². The topological polar surface area (TPSA) is 41.3 Å². The summed E-state index contributed by atoms with van der Waals surface area (Å²) >= 11 is 6.95. The van der Waals surface area contributed by atoms with Gasteiger partial charge >= 0.3 is 0 Å². The molecule has 124 valence electrons. The van der Waals surface area contributed by atoms with E-state index in [0.29, 0.717) is 12.5 Å². The quantitative estimate of drug-likeness (QED) is 0.824. The van der Waals surface area contributed by atoms with Crippen LogP contribution in [-0.2, 0) is 6.54 Å². The maximum absolute atomic E-state index is 10.5. The van der Waals surface area contributed by atoms with Gasteiger partial charge < -0.3 is 10.0 Å². The highest BCUT2D eigenvalue weighted by Crippen LogP contribution is 2.25. The molecule has 1 N–H and O–H groups in total. The molecule has 0 amide bonds. The van der Waals surface area contributed by atoms with Crippen molar-refractivity contribution in [2.75, 3.05) is 18.0 Å². The van der Waals surface area contributed by atoms with E-state index in [9.17, 15) is 5.11 Å². The molecule has 0 radical (unpaired) electrons. The first-order valence-electron chi connectivity index (χ1n) is 8.15. The van der Waals surface area contributed by atoms with Crippen LogP contribution in [0.2, 0.25) is 0 Å². The minimum Gasteiger partial charge on any atom is -0.386 e. The summed E-state index contributed by atoms with van der Waals surface area (Å²) < 4.78 is 2.49. The van der Waals surface area contributed by atoms with Crippen LogP contribution in [-0.4, -0.2) is 28.0 Å². The van der Waals surface area contributed by atoms with Crippen molar-refractivity contribution in [2.24, 2.45) is 0 Å². The molecule has 0 saturated carbocycles. The second-order valence-corrected chi connectivity index (χ2v) is 7.97. The van der Waals surface area contributed by atoms with Gasteiger partial charge in [0.15, 0.2) is 3.95 Å². The van der Waals surface area contributed by atoms with Gasteiger partial charge in [0, 0.05) is 13.1 Å². The van der Waals surface area contributed by atoms with E-state index in [-0.39, 0.29) is 0 Å². The first kappa shape index (κ1) is 16.6. The number of nitrogens with zero attached hydrogens (tertiary/aromatic N) is 3. The van der Waals surface area contributed by atoms with E-state index >= 15 is 0 Å². The van der Waals surface area contributed by atoms with Gasteiger partial charge in [0.1, 0.15) is 0 Å². The van der Waals surface area contributed by atoms with Crippen LogP contribution in [0.5, 0.6) is 0 Å². The second kappa shape index (κ2) is 7.11. The van der Waals surface area contributed by atoms with Gasteiger partial charge in [-0.1, -0.05) is 49.4 Å². The number of aromatic nitrogens is 2. The third kappa shape index (κ3) is 3.82. The van der Waals surface area contributed by atoms with E-state index in [4.69, 9.17) is 12.2 Å². The van der Waals surface area contributed by atoms with Gasteiger partial charge in [0.2, 0.25) is 5.13 Å². The lowest BCUT2D eigenvalue weighted by molar-refractivity contribution is 0.151. The molecule has 2 heterocycles. The zero-order chi connectivity index (χ0) is 16.4. The fourth-order valence-corrected chi connectivity index (χ4v) is 3.99. The van der Waals surface area contributed by atoms with Crippen molar-refractivity contribution in [3.05, 3.63) is 39.3 Å². The number of rotatable bonds is 5. The largest absolute Gasteiger partial charge is 0.386 e. The highest BCUT2D eigenvalue weighted by Gasteiger charge is 2.18. The molecule has 1 saturated heterocycles. The van der Waals surface area contributed by atoms with Crippen molar-refractivity contribution < 1.29 is 5.11 Å². The Morgan fingerprint density at radius 2 is 1.78 bits per heavy atom. The highest BCUT2D eigenvalue weighted by molar-refractivity contribution is 7.73. The van der Waals surface area contributed by atoms with Crippen molar-refractivity contribution in [1.29, 1.82) is 0 Å². The molecule has 23 heavy (non-hydrogen) atoms. The minimum atomic E-state index is -0.587. The second-order valence-electron chi connectivity index (χ2n) is 6.36. The number of hydrogen-bond acceptors (Lipinski definition) is 5. The first-order valence-corrected chi connectivity index (χ1v) is 9.38. The van der Waals surface area contributed by atoms with E-state index in [1.54, 1.807) is 4.68 Å². The summed E-state index contributed by atoms with van der Waals surface area (Å²) in [6.07, 6.45) is 1.85. The van der Waals surface area contributed by atoms with Crippen molar-refractivity contribution >= 4 is 28.7 Å². The molecule has 3 rings (SSSR count). The third-order valence-electron chi connectivity index (χ3n) is 4.31. The van der Waals surface area contributed by atoms with Crippen LogP contribution in [0, 0.1) is 3.95 Å². The lowest BCUT2D eigenvalue weighted by Crippen LogP contribution is -2.18. The predicted octanol–water partition coefficient (Wildman–Crippen LogP) is 4.13. The lowest BCUT2D eigenvalue weighted by Gasteiger charge is -2.14. The van der Waals surface area contributed by atoms with Gasteiger partial charge in [-0.25, -0.2) is 4.68 Å². The Bertz CT molecular complexity index is 699. The molecule has 1 aromatic heterocycles. The van der Waals surface area contributed by atoms with Crippen molar-refractivity contribution in [3.8, 4) is 0 Å². The summed E-state index contributed by atoms with van der Waals surface area (Å²) in [5.74, 6) is 0.497. The summed E-state index contributed by atoms with van der Waals surface area (Å²) in [7, 11) is 0. The van der Waals surface area contributed by atoms with E-state index in [1.165, 1.54) is 29.7 Å². The van der Waals surface area contributed by atoms with E-state index in [2.05, 4.69) is 36.0 Å². The van der Waals surface area contributed by atoms with Gasteiger partial charge in [-0.15, -0.1) is 5.10 Å². The molecule has 1 aromatic carbocycles. The zero-order valence-corrected chi connectivity index (χ0v) is 15.2. The summed E-state index contributed by atoms with van der Waals surface area (Å²) in [5, 5.41) is 16.1. The van der Waals surface area contributed by atoms with Crippen LogP contribution >= 0.6 is 23.6 Å². The van der Waals surface area contributed by atoms with Crippen LogP contribution in [0.3, 0.4) is 0 Å². The van der Waals surface area contributed by atoms with Crippen molar-refractivity contribution in [1.82, 2.24) is 9.78 Å². The molecule has 2 aromatic rings. The fourth-order valence-electron chi connectivity index (χ4n) is 2.82. The standard InChI is InChI=1S/C17H23N3OS2/c1-12(2)13-5-7-14(8-6-13)15(21)11-20-17(22)23-16(18-20)19-9-3-4-10-19/h5-8,12,15,21H,3-4,9-11H2,1-2H3. The first-order chi connectivity index (χ1) is 11.0. The average molecular weight is 350 g/mol. The Balaban J connectivity index is 1.72. The normalized spacial score (nSPS) is 16.3. The van der Waals surface area contributed by atoms with E-state index in [1.807, 2.05) is 12.1 Å². The smallest absolute Gasteiger partial charge is 0.207 e. The van der Waals surface area contributed by atoms with Crippen molar-refractivity contribution in [2.45, 2.75) is 45.3 Å². The Kier molecular flexibility index (Phi) is 5.14. The fraction of sp³-hybridized carbons (Fsp3) is 0.529. The van der Waals surface area contributed by atoms with E-state index in [0.717, 1.165) is 27.7 Å². The molecule has 4 nitrogen and oxygen atoms in total. The Morgan fingerprint density at radius 3 is 2.39 bits per heavy atom. The van der Waals surface area contributed by atoms with Gasteiger partial charge in [-0.05, 0) is 42.1 Å². The molecule has 1 aliphatic rings. The number of benzene rings is 1. The van der Waals surface area contributed by atoms with Gasteiger partial charge in [0.05, 0.1) is 12.6 Å². The van der Waals surface area contributed by atoms with Crippen LogP contribution in [0.15, 0.2) is 24.3 Å². The summed E-state index contributed by atoms with van der Waals surface area (Å²) in [6.45, 7) is 6.85. The summed E-state index contributed by atoms with van der Waals surface area (Å²) in [4.78, 5) is 2.28. The number of aliphatic hydroxyl groups excluding tert-OH is 1. The molecule has 0 spiro atoms. The Morgan fingerprint density at radius 1 is 1.17 bits per heavy atom. The highest BCUT2D eigenvalue weighted by atomic mass is 32.1. The van der Waals surface area contributed by atoms with Gasteiger partial charge in [0.25, 0.3) is 0 Å². The molecule has 1 aliphatic heterocycles. The Hall–Kier alpha value is -1.24. The molecule has 1 atom stereocenters. The molecular weight excluding hydrogens is 326 g/mol. The molecule has 1 unspecified atom stereocenters. The number of hydrogen-bond donors (Lipinski definition) is 1. The molecule has 1 fully saturated rings. The minimum absolute atomic E-state index is 0.407. The molecule has 0 bridgehead atoms. The zero-order valence-electron chi connectivity index (χ0n) is 13.6. The van der Waals surface area contributed by atoms with E-state index < -0.39 is 6.10 Å². The maximum atomic E-state index is 10.5. The van der Waals surface area contributed by atoms with Crippen LogP contribution in [0.1, 0.15) is 49.8 Å². The molecule has 6 heteroatoms. The SMILES string of the molecule is CC(C)c1ccc(C(O)Cn2nc(N3CCCC3)sc2=S)cc1. The average Bonchev–Trinajstić information content (AvgIpc) is 3.18. The molecular formula is C17H23N3OS2. The maximum Gasteiger partial charge on any atom is 0.207 e. The van der Waals surface area contributed by atoms with Crippen LogP contribution in [0.4, 0.5) is 5.13 Å². The number of aliphatic hydroxyl groups is 1. The lowest BCUT2D eigenvalue weighted by atomic mass is 10.00. The van der Waals surface area contributed by atoms with Crippen molar-refractivity contribution in [3.63, 3.8) is 0 Å². The molecule has 0 aliphatic carbocycles. The van der Waals surface area contributed by atoms with Crippen LogP contribution < -0.4 is 4.90 Å². The summed E-state index contributed by atoms with van der Waals surface area (Å²) in [6, 6.07) is 8.16. The monoisotopic (exact) mass is 349 g/mol. The predicted molar refractivity (Wildman–Crippen MR) is 97.9 cm³/mol. The van der Waals surface area contributed by atoms with Gasteiger partial charge in [-0.3, -0.25) is 0 Å². The summed E-state index contributed by atoms with van der Waals surface area (Å²) in [5.41, 5.74) is 2.19. The Labute approximate surface area is 146 Å². The third-order valence-corrected chi connectivity index (χ3v) is 5.67. The number of anilines is 1.